The van der Waals surface area contributed by atoms with Crippen molar-refractivity contribution < 1.29 is 9.15 Å². The molecule has 3 aliphatic rings. The van der Waals surface area contributed by atoms with Gasteiger partial charge in [0.15, 0.2) is 5.96 Å². The number of aromatic nitrogens is 1. The zero-order valence-electron chi connectivity index (χ0n) is 16.8. The van der Waals surface area contributed by atoms with E-state index in [1.807, 2.05) is 30.3 Å². The molecule has 1 saturated heterocycles. The lowest BCUT2D eigenvalue weighted by atomic mass is 9.46. The van der Waals surface area contributed by atoms with Crippen LogP contribution < -0.4 is 10.6 Å². The van der Waals surface area contributed by atoms with Gasteiger partial charge in [-0.1, -0.05) is 24.6 Å². The first kappa shape index (κ1) is 20.7. The van der Waals surface area contributed by atoms with Gasteiger partial charge in [0.25, 0.3) is 0 Å². The number of nitrogens with one attached hydrogen (secondary N) is 2. The van der Waals surface area contributed by atoms with Crippen molar-refractivity contribution in [1.82, 2.24) is 15.6 Å². The first-order chi connectivity index (χ1) is 13.8. The summed E-state index contributed by atoms with van der Waals surface area (Å²) in [7, 11) is 0. The van der Waals surface area contributed by atoms with E-state index < -0.39 is 0 Å². The largest absolute Gasteiger partial charge is 0.444 e. The highest BCUT2D eigenvalue weighted by molar-refractivity contribution is 14.0. The molecule has 6 nitrogen and oxygen atoms in total. The van der Waals surface area contributed by atoms with Crippen molar-refractivity contribution in [2.75, 3.05) is 13.2 Å². The fourth-order valence-electron chi connectivity index (χ4n) is 5.18. The van der Waals surface area contributed by atoms with E-state index in [1.165, 1.54) is 19.3 Å². The van der Waals surface area contributed by atoms with Crippen molar-refractivity contribution in [3.8, 4) is 11.5 Å². The topological polar surface area (TPSA) is 71.7 Å². The Morgan fingerprint density at radius 1 is 1.28 bits per heavy atom. The van der Waals surface area contributed by atoms with Crippen LogP contribution in [0.1, 0.15) is 38.3 Å². The lowest BCUT2D eigenvalue weighted by Crippen LogP contribution is -2.72. The zero-order chi connectivity index (χ0) is 19.0. The third-order valence-corrected chi connectivity index (χ3v) is 6.64. The summed E-state index contributed by atoms with van der Waals surface area (Å²) in [6.45, 7) is 4.34. The monoisotopic (exact) mass is 508 g/mol. The van der Waals surface area contributed by atoms with Crippen LogP contribution in [-0.4, -0.2) is 36.2 Å². The van der Waals surface area contributed by atoms with Crippen molar-refractivity contribution in [3.05, 3.63) is 42.3 Å². The average Bonchev–Trinajstić information content (AvgIpc) is 3.32. The normalized spacial score (nSPS) is 26.8. The molecule has 2 saturated carbocycles. The van der Waals surface area contributed by atoms with Crippen molar-refractivity contribution in [2.24, 2.45) is 16.3 Å². The Morgan fingerprint density at radius 3 is 2.83 bits per heavy atom. The van der Waals surface area contributed by atoms with Gasteiger partial charge in [-0.05, 0) is 38.3 Å². The second-order valence-electron chi connectivity index (χ2n) is 8.16. The van der Waals surface area contributed by atoms with Gasteiger partial charge in [-0.2, -0.15) is 0 Å². The van der Waals surface area contributed by atoms with Gasteiger partial charge in [0.2, 0.25) is 5.89 Å². The van der Waals surface area contributed by atoms with Crippen LogP contribution in [0.15, 0.2) is 46.0 Å². The first-order valence-electron chi connectivity index (χ1n) is 10.5. The molecule has 1 aromatic carbocycles. The maximum atomic E-state index is 6.03. The Morgan fingerprint density at radius 2 is 2.10 bits per heavy atom. The number of rotatable bonds is 5. The molecule has 0 bridgehead atoms. The van der Waals surface area contributed by atoms with Crippen LogP contribution in [0.4, 0.5) is 0 Å². The van der Waals surface area contributed by atoms with E-state index in [4.69, 9.17) is 14.1 Å². The smallest absolute Gasteiger partial charge is 0.226 e. The molecule has 2 aromatic rings. The minimum Gasteiger partial charge on any atom is -0.444 e. The zero-order valence-corrected chi connectivity index (χ0v) is 19.1. The standard InChI is InChI=1S/C22H28N4O2.HI/c1-2-23-21(26-18-17-9-12-27-19(17)22(18)10-6-11-22)24-13-16-14-28-20(25-16)15-7-4-3-5-8-15;/h3-5,7-8,14,17-19H,2,6,9-13H2,1H3,(H2,23,24,26);1H. The third-order valence-electron chi connectivity index (χ3n) is 6.64. The molecule has 3 unspecified atom stereocenters. The summed E-state index contributed by atoms with van der Waals surface area (Å²) in [6.07, 6.45) is 7.19. The number of guanidine groups is 1. The van der Waals surface area contributed by atoms with Crippen LogP contribution in [0.2, 0.25) is 0 Å². The molecule has 29 heavy (non-hydrogen) atoms. The van der Waals surface area contributed by atoms with Gasteiger partial charge < -0.3 is 19.8 Å². The molecule has 1 aliphatic heterocycles. The highest BCUT2D eigenvalue weighted by Gasteiger charge is 2.66. The Balaban J connectivity index is 0.00000205. The highest BCUT2D eigenvalue weighted by Crippen LogP contribution is 2.62. The second kappa shape index (κ2) is 8.63. The number of halogens is 1. The average molecular weight is 508 g/mol. The van der Waals surface area contributed by atoms with Crippen molar-refractivity contribution in [1.29, 1.82) is 0 Å². The van der Waals surface area contributed by atoms with Gasteiger partial charge in [0, 0.05) is 36.1 Å². The molecular formula is C22H29IN4O2. The van der Waals surface area contributed by atoms with Gasteiger partial charge in [-0.15, -0.1) is 24.0 Å². The molecule has 3 fully saturated rings. The molecule has 7 heteroatoms. The number of nitrogens with zero attached hydrogens (tertiary/aromatic N) is 2. The van der Waals surface area contributed by atoms with Crippen LogP contribution in [0.25, 0.3) is 11.5 Å². The highest BCUT2D eigenvalue weighted by atomic mass is 127. The van der Waals surface area contributed by atoms with E-state index in [1.54, 1.807) is 6.26 Å². The summed E-state index contributed by atoms with van der Waals surface area (Å²) in [5.41, 5.74) is 2.16. The van der Waals surface area contributed by atoms with Gasteiger partial charge in [-0.3, -0.25) is 0 Å². The molecular weight excluding hydrogens is 479 g/mol. The van der Waals surface area contributed by atoms with Gasteiger partial charge in [-0.25, -0.2) is 9.98 Å². The maximum absolute atomic E-state index is 6.03. The van der Waals surface area contributed by atoms with Gasteiger partial charge in [0.1, 0.15) is 12.0 Å². The van der Waals surface area contributed by atoms with Gasteiger partial charge >= 0.3 is 0 Å². The van der Waals surface area contributed by atoms with E-state index in [9.17, 15) is 0 Å². The Labute approximate surface area is 188 Å². The molecule has 2 N–H and O–H groups in total. The summed E-state index contributed by atoms with van der Waals surface area (Å²) < 4.78 is 11.7. The molecule has 2 heterocycles. The van der Waals surface area contributed by atoms with Crippen LogP contribution in [0.5, 0.6) is 0 Å². The van der Waals surface area contributed by atoms with Crippen LogP contribution in [0.3, 0.4) is 0 Å². The summed E-state index contributed by atoms with van der Waals surface area (Å²) in [6, 6.07) is 10.4. The molecule has 1 spiro atoms. The fraction of sp³-hybridized carbons (Fsp3) is 0.545. The van der Waals surface area contributed by atoms with Crippen molar-refractivity contribution >= 4 is 29.9 Å². The molecule has 3 atom stereocenters. The minimum atomic E-state index is 0. The predicted molar refractivity (Wildman–Crippen MR) is 123 cm³/mol. The molecule has 0 radical (unpaired) electrons. The quantitative estimate of drug-likeness (QED) is 0.364. The first-order valence-corrected chi connectivity index (χ1v) is 10.5. The minimum absolute atomic E-state index is 0. The number of fused-ring (bicyclic) bond motifs is 2. The summed E-state index contributed by atoms with van der Waals surface area (Å²) >= 11 is 0. The molecule has 156 valence electrons. The van der Waals surface area contributed by atoms with E-state index in [0.717, 1.165) is 36.8 Å². The van der Waals surface area contributed by atoms with Crippen LogP contribution >= 0.6 is 24.0 Å². The van der Waals surface area contributed by atoms with E-state index in [0.29, 0.717) is 35.9 Å². The molecule has 1 aromatic heterocycles. The lowest BCUT2D eigenvalue weighted by Gasteiger charge is -2.63. The number of oxazole rings is 1. The Hall–Kier alpha value is -1.61. The van der Waals surface area contributed by atoms with E-state index in [-0.39, 0.29) is 24.0 Å². The third kappa shape index (κ3) is 3.67. The SMILES string of the molecule is CCNC(=NCc1coc(-c2ccccc2)n1)NC1C2CCOC2C12CCC2.I. The Kier molecular flexibility index (Phi) is 6.15. The second-order valence-corrected chi connectivity index (χ2v) is 8.16. The molecule has 2 aliphatic carbocycles. The number of aliphatic imine (C=N–C) groups is 1. The molecule has 0 amide bonds. The summed E-state index contributed by atoms with van der Waals surface area (Å²) in [5, 5.41) is 7.12. The number of hydrogen-bond acceptors (Lipinski definition) is 4. The fourth-order valence-corrected chi connectivity index (χ4v) is 5.18. The van der Waals surface area contributed by atoms with Crippen LogP contribution in [-0.2, 0) is 11.3 Å². The predicted octanol–water partition coefficient (Wildman–Crippen LogP) is 3.97. The number of hydrogen-bond donors (Lipinski definition) is 2. The van der Waals surface area contributed by atoms with E-state index >= 15 is 0 Å². The Bertz CT molecular complexity index is 850. The number of benzene rings is 1. The van der Waals surface area contributed by atoms with Crippen molar-refractivity contribution in [2.45, 2.75) is 51.3 Å². The maximum Gasteiger partial charge on any atom is 0.226 e. The van der Waals surface area contributed by atoms with E-state index in [2.05, 4.69) is 22.5 Å². The number of ether oxygens (including phenoxy) is 1. The van der Waals surface area contributed by atoms with Gasteiger partial charge in [0.05, 0.1) is 12.6 Å². The molecule has 5 rings (SSSR count). The van der Waals surface area contributed by atoms with Crippen LogP contribution in [0, 0.1) is 11.3 Å². The lowest BCUT2D eigenvalue weighted by molar-refractivity contribution is -0.171. The van der Waals surface area contributed by atoms with Crippen molar-refractivity contribution in [3.63, 3.8) is 0 Å². The summed E-state index contributed by atoms with van der Waals surface area (Å²) in [5.74, 6) is 2.14. The summed E-state index contributed by atoms with van der Waals surface area (Å²) in [4.78, 5) is 9.37.